The zero-order valence-electron chi connectivity index (χ0n) is 9.30. The van der Waals surface area contributed by atoms with Crippen molar-refractivity contribution in [2.24, 2.45) is 0 Å². The highest BCUT2D eigenvalue weighted by atomic mass is 16.5. The summed E-state index contributed by atoms with van der Waals surface area (Å²) < 4.78 is 9.51. The van der Waals surface area contributed by atoms with Gasteiger partial charge in [-0.1, -0.05) is 30.3 Å². The Hall–Kier alpha value is -1.84. The summed E-state index contributed by atoms with van der Waals surface area (Å²) in [5.74, 6) is -1.38. The van der Waals surface area contributed by atoms with Crippen LogP contribution in [0.1, 0.15) is 18.4 Å². The molecule has 0 aliphatic carbocycles. The number of ether oxygens (including phenoxy) is 2. The van der Waals surface area contributed by atoms with Gasteiger partial charge >= 0.3 is 11.9 Å². The van der Waals surface area contributed by atoms with Crippen LogP contribution in [0.15, 0.2) is 30.3 Å². The predicted octanol–water partition coefficient (Wildman–Crippen LogP) is 1.51. The van der Waals surface area contributed by atoms with E-state index in [-0.39, 0.29) is 6.61 Å². The van der Waals surface area contributed by atoms with Crippen LogP contribution >= 0.6 is 0 Å². The van der Waals surface area contributed by atoms with Gasteiger partial charge in [-0.05, 0) is 5.56 Å². The van der Waals surface area contributed by atoms with Gasteiger partial charge in [-0.2, -0.15) is 0 Å². The third-order valence-corrected chi connectivity index (χ3v) is 2.14. The molecule has 1 atom stereocenters. The second-order valence-electron chi connectivity index (χ2n) is 3.29. The average molecular weight is 222 g/mol. The maximum atomic E-state index is 11.5. The molecule has 0 fully saturated rings. The van der Waals surface area contributed by atoms with Gasteiger partial charge in [0, 0.05) is 6.92 Å². The van der Waals surface area contributed by atoms with E-state index in [0.717, 1.165) is 5.56 Å². The minimum Gasteiger partial charge on any atom is -0.468 e. The molecule has 0 bridgehead atoms. The molecule has 1 aromatic carbocycles. The summed E-state index contributed by atoms with van der Waals surface area (Å²) in [5.41, 5.74) is 0.774. The van der Waals surface area contributed by atoms with Crippen LogP contribution in [0.25, 0.3) is 0 Å². The van der Waals surface area contributed by atoms with Crippen LogP contribution in [0.3, 0.4) is 0 Å². The molecular formula is C12H14O4. The molecule has 0 aliphatic rings. The van der Waals surface area contributed by atoms with Gasteiger partial charge in [0.2, 0.25) is 0 Å². The van der Waals surface area contributed by atoms with E-state index in [1.54, 1.807) is 12.1 Å². The van der Waals surface area contributed by atoms with Crippen LogP contribution in [0.2, 0.25) is 0 Å². The summed E-state index contributed by atoms with van der Waals surface area (Å²) in [6.07, 6.45) is 0. The molecule has 0 N–H and O–H groups in total. The lowest BCUT2D eigenvalue weighted by Gasteiger charge is -2.14. The van der Waals surface area contributed by atoms with Gasteiger partial charge in [0.15, 0.2) is 0 Å². The zero-order valence-corrected chi connectivity index (χ0v) is 9.30. The minimum atomic E-state index is -0.560. The molecule has 0 spiro atoms. The molecule has 0 saturated carbocycles. The van der Waals surface area contributed by atoms with Gasteiger partial charge in [0.25, 0.3) is 0 Å². The standard InChI is InChI=1S/C12H14O4/c1-9(13)16-8-11(12(14)15-2)10-6-4-3-5-7-10/h3-7,11H,8H2,1-2H3/t11-/m1/s1. The summed E-state index contributed by atoms with van der Waals surface area (Å²) >= 11 is 0. The van der Waals surface area contributed by atoms with Gasteiger partial charge in [0.05, 0.1) is 7.11 Å². The molecule has 1 rings (SSSR count). The maximum absolute atomic E-state index is 11.5. The van der Waals surface area contributed by atoms with Gasteiger partial charge in [-0.3, -0.25) is 9.59 Å². The third kappa shape index (κ3) is 3.38. The Morgan fingerprint density at radius 1 is 1.25 bits per heavy atom. The minimum absolute atomic E-state index is 0.00597. The zero-order chi connectivity index (χ0) is 12.0. The molecule has 1 aromatic rings. The fourth-order valence-electron chi connectivity index (χ4n) is 1.33. The van der Waals surface area contributed by atoms with Crippen molar-refractivity contribution in [3.05, 3.63) is 35.9 Å². The lowest BCUT2D eigenvalue weighted by molar-refractivity contribution is -0.148. The van der Waals surface area contributed by atoms with Crippen molar-refractivity contribution >= 4 is 11.9 Å². The topological polar surface area (TPSA) is 52.6 Å². The number of carbonyl (C=O) groups is 2. The number of hydrogen-bond donors (Lipinski definition) is 0. The molecule has 0 unspecified atom stereocenters. The van der Waals surface area contributed by atoms with Crippen molar-refractivity contribution in [3.63, 3.8) is 0 Å². The highest BCUT2D eigenvalue weighted by Gasteiger charge is 2.22. The van der Waals surface area contributed by atoms with E-state index in [4.69, 9.17) is 4.74 Å². The van der Waals surface area contributed by atoms with Gasteiger partial charge in [-0.25, -0.2) is 0 Å². The molecule has 0 saturated heterocycles. The first kappa shape index (κ1) is 12.2. The molecule has 0 heterocycles. The third-order valence-electron chi connectivity index (χ3n) is 2.14. The first-order chi connectivity index (χ1) is 7.65. The van der Waals surface area contributed by atoms with Crippen molar-refractivity contribution < 1.29 is 19.1 Å². The fraction of sp³-hybridized carbons (Fsp3) is 0.333. The largest absolute Gasteiger partial charge is 0.468 e. The first-order valence-electron chi connectivity index (χ1n) is 4.91. The van der Waals surface area contributed by atoms with Crippen molar-refractivity contribution in [1.29, 1.82) is 0 Å². The van der Waals surface area contributed by atoms with E-state index in [2.05, 4.69) is 4.74 Å². The average Bonchev–Trinajstić information content (AvgIpc) is 2.30. The molecule has 0 amide bonds. The van der Waals surface area contributed by atoms with Gasteiger partial charge in [0.1, 0.15) is 12.5 Å². The highest BCUT2D eigenvalue weighted by molar-refractivity contribution is 5.78. The smallest absolute Gasteiger partial charge is 0.316 e. The maximum Gasteiger partial charge on any atom is 0.316 e. The van der Waals surface area contributed by atoms with Crippen LogP contribution in [-0.4, -0.2) is 25.7 Å². The Labute approximate surface area is 94.2 Å². The molecule has 0 radical (unpaired) electrons. The van der Waals surface area contributed by atoms with Crippen molar-refractivity contribution in [1.82, 2.24) is 0 Å². The normalized spacial score (nSPS) is 11.6. The Morgan fingerprint density at radius 2 is 1.88 bits per heavy atom. The predicted molar refractivity (Wildman–Crippen MR) is 57.8 cm³/mol. The number of benzene rings is 1. The Kier molecular flexibility index (Phi) is 4.51. The summed E-state index contributed by atoms with van der Waals surface area (Å²) in [7, 11) is 1.31. The van der Waals surface area contributed by atoms with E-state index in [1.165, 1.54) is 14.0 Å². The van der Waals surface area contributed by atoms with Crippen molar-refractivity contribution in [3.8, 4) is 0 Å². The number of carbonyl (C=O) groups excluding carboxylic acids is 2. The lowest BCUT2D eigenvalue weighted by atomic mass is 10.0. The summed E-state index contributed by atoms with van der Waals surface area (Å²) in [6, 6.07) is 9.08. The van der Waals surface area contributed by atoms with Crippen molar-refractivity contribution in [2.45, 2.75) is 12.8 Å². The molecule has 4 heteroatoms. The number of hydrogen-bond acceptors (Lipinski definition) is 4. The van der Waals surface area contributed by atoms with Crippen LogP contribution in [0.5, 0.6) is 0 Å². The molecule has 4 nitrogen and oxygen atoms in total. The summed E-state index contributed by atoms with van der Waals surface area (Å²) in [4.78, 5) is 22.2. The fourth-order valence-corrected chi connectivity index (χ4v) is 1.33. The lowest BCUT2D eigenvalue weighted by Crippen LogP contribution is -2.20. The molecule has 0 aliphatic heterocycles. The van der Waals surface area contributed by atoms with Crippen molar-refractivity contribution in [2.75, 3.05) is 13.7 Å². The quantitative estimate of drug-likeness (QED) is 0.724. The van der Waals surface area contributed by atoms with E-state index in [0.29, 0.717) is 0 Å². The van der Waals surface area contributed by atoms with E-state index in [1.807, 2.05) is 18.2 Å². The Morgan fingerprint density at radius 3 is 2.38 bits per heavy atom. The Balaban J connectivity index is 2.79. The number of rotatable bonds is 4. The molecule has 16 heavy (non-hydrogen) atoms. The van der Waals surface area contributed by atoms with E-state index in [9.17, 15) is 9.59 Å². The second-order valence-corrected chi connectivity index (χ2v) is 3.29. The van der Waals surface area contributed by atoms with Crippen LogP contribution in [0, 0.1) is 0 Å². The van der Waals surface area contributed by atoms with E-state index >= 15 is 0 Å². The number of methoxy groups -OCH3 is 1. The summed E-state index contributed by atoms with van der Waals surface area (Å²) in [6.45, 7) is 1.31. The van der Waals surface area contributed by atoms with Crippen LogP contribution in [-0.2, 0) is 19.1 Å². The van der Waals surface area contributed by atoms with Gasteiger partial charge < -0.3 is 9.47 Å². The second kappa shape index (κ2) is 5.90. The molecule has 86 valence electrons. The van der Waals surface area contributed by atoms with Crippen LogP contribution in [0.4, 0.5) is 0 Å². The van der Waals surface area contributed by atoms with Gasteiger partial charge in [-0.15, -0.1) is 0 Å². The SMILES string of the molecule is COC(=O)[C@H](COC(C)=O)c1ccccc1. The first-order valence-corrected chi connectivity index (χ1v) is 4.91. The van der Waals surface area contributed by atoms with E-state index < -0.39 is 17.9 Å². The number of esters is 2. The Bertz CT molecular complexity index is 359. The monoisotopic (exact) mass is 222 g/mol. The molecule has 0 aromatic heterocycles. The van der Waals surface area contributed by atoms with Crippen LogP contribution < -0.4 is 0 Å². The highest BCUT2D eigenvalue weighted by Crippen LogP contribution is 2.17. The summed E-state index contributed by atoms with van der Waals surface area (Å²) in [5, 5.41) is 0. The molecular weight excluding hydrogens is 208 g/mol.